The minimum atomic E-state index is -0.526. The second kappa shape index (κ2) is 11.6. The monoisotopic (exact) mass is 695 g/mol. The van der Waals surface area contributed by atoms with E-state index in [0.717, 1.165) is 11.0 Å². The molecule has 6 N–H and O–H groups in total. The number of imidazole rings is 1. The molecule has 2 aliphatic heterocycles. The van der Waals surface area contributed by atoms with Crippen molar-refractivity contribution in [2.75, 3.05) is 31.1 Å². The quantitative estimate of drug-likeness (QED) is 0.215. The number of nitrogen functional groups attached to an aromatic ring is 2. The summed E-state index contributed by atoms with van der Waals surface area (Å²) in [6.45, 7) is 2.04. The minimum Gasteiger partial charge on any atom is -0.382 e. The second-order valence-electron chi connectivity index (χ2n) is 10.6. The van der Waals surface area contributed by atoms with Crippen molar-refractivity contribution >= 4 is 63.0 Å². The summed E-state index contributed by atoms with van der Waals surface area (Å²) in [6.07, 6.45) is 5.57. The summed E-state index contributed by atoms with van der Waals surface area (Å²) in [6, 6.07) is 11.3. The summed E-state index contributed by atoms with van der Waals surface area (Å²) >= 11 is 1.89. The molecule has 1 saturated heterocycles. The van der Waals surface area contributed by atoms with E-state index in [4.69, 9.17) is 11.5 Å². The molecule has 1 aromatic carbocycles. The highest BCUT2D eigenvalue weighted by Gasteiger charge is 2.40. The Labute approximate surface area is 259 Å². The molecule has 2 aliphatic rings. The molecule has 0 bridgehead atoms. The van der Waals surface area contributed by atoms with Gasteiger partial charge in [-0.1, -0.05) is 12.1 Å². The average molecular weight is 696 g/mol. The van der Waals surface area contributed by atoms with E-state index in [9.17, 15) is 14.4 Å². The van der Waals surface area contributed by atoms with Crippen molar-refractivity contribution in [2.24, 2.45) is 4.99 Å². The standard InChI is InChI=1S/C28H30IN11O3/c29-22-24(31)35-23(30)21(34-22)25(42)36-26-33-16-28(37-26)9-13-38(14-10-28)20(41)8-4-12-39-18-6-1-2-7-19(18)40(27(39)43)17-5-3-11-32-15-17/h1-3,5-7,11,15H,4,8-10,12-14,16H2,(H4,30,31,35)(H2,33,36,37,42). The van der Waals surface area contributed by atoms with Gasteiger partial charge in [0.15, 0.2) is 23.3 Å². The first kappa shape index (κ1) is 28.6. The Kier molecular flexibility index (Phi) is 7.72. The number of carbonyl (C=O) groups excluding carboxylic acids is 2. The van der Waals surface area contributed by atoms with Gasteiger partial charge in [-0.2, -0.15) is 0 Å². The molecular weight excluding hydrogens is 665 g/mol. The van der Waals surface area contributed by atoms with Crippen molar-refractivity contribution in [1.82, 2.24) is 39.6 Å². The van der Waals surface area contributed by atoms with Crippen LogP contribution in [0.3, 0.4) is 0 Å². The van der Waals surface area contributed by atoms with E-state index in [2.05, 4.69) is 30.6 Å². The van der Waals surface area contributed by atoms with E-state index in [1.165, 1.54) is 0 Å². The number of nitrogens with zero attached hydrogens (tertiary/aromatic N) is 7. The average Bonchev–Trinajstić information content (AvgIpc) is 3.52. The number of aromatic nitrogens is 5. The van der Waals surface area contributed by atoms with Crippen molar-refractivity contribution in [3.63, 3.8) is 0 Å². The third-order valence-electron chi connectivity index (χ3n) is 7.86. The smallest absolute Gasteiger partial charge is 0.333 e. The van der Waals surface area contributed by atoms with Gasteiger partial charge in [-0.25, -0.2) is 14.8 Å². The van der Waals surface area contributed by atoms with Gasteiger partial charge in [0.2, 0.25) is 5.91 Å². The Morgan fingerprint density at radius 3 is 2.56 bits per heavy atom. The lowest BCUT2D eigenvalue weighted by Crippen LogP contribution is -2.57. The van der Waals surface area contributed by atoms with Crippen LogP contribution < -0.4 is 27.8 Å². The lowest BCUT2D eigenvalue weighted by molar-refractivity contribution is -0.132. The van der Waals surface area contributed by atoms with Crippen LogP contribution >= 0.6 is 22.6 Å². The lowest BCUT2D eigenvalue weighted by Gasteiger charge is -2.39. The molecule has 222 valence electrons. The van der Waals surface area contributed by atoms with Gasteiger partial charge in [0, 0.05) is 32.3 Å². The van der Waals surface area contributed by atoms with Crippen LogP contribution in [0.5, 0.6) is 0 Å². The molecule has 4 aromatic rings. The van der Waals surface area contributed by atoms with Gasteiger partial charge in [-0.3, -0.25) is 34.0 Å². The number of nitrogens with one attached hydrogen (secondary N) is 2. The van der Waals surface area contributed by atoms with Crippen LogP contribution in [-0.4, -0.2) is 71.9 Å². The number of para-hydroxylation sites is 2. The van der Waals surface area contributed by atoms with E-state index < -0.39 is 5.91 Å². The largest absolute Gasteiger partial charge is 0.382 e. The Morgan fingerprint density at radius 1 is 1.05 bits per heavy atom. The zero-order chi connectivity index (χ0) is 30.1. The van der Waals surface area contributed by atoms with Crippen LogP contribution in [0.2, 0.25) is 0 Å². The van der Waals surface area contributed by atoms with Gasteiger partial charge in [0.05, 0.1) is 35.0 Å². The Morgan fingerprint density at radius 2 is 1.81 bits per heavy atom. The lowest BCUT2D eigenvalue weighted by atomic mass is 9.88. The fourth-order valence-corrected chi connectivity index (χ4v) is 5.94. The normalized spacial score (nSPS) is 15.8. The number of nitrogens with two attached hydrogens (primary N) is 2. The van der Waals surface area contributed by atoms with Gasteiger partial charge in [-0.05, 0) is 66.1 Å². The van der Waals surface area contributed by atoms with Crippen molar-refractivity contribution in [2.45, 2.75) is 37.8 Å². The zero-order valence-corrected chi connectivity index (χ0v) is 25.3. The number of carbonyl (C=O) groups is 2. The van der Waals surface area contributed by atoms with Gasteiger partial charge in [-0.15, -0.1) is 0 Å². The first-order valence-corrected chi connectivity index (χ1v) is 14.9. The number of likely N-dealkylation sites (tertiary alicyclic amines) is 1. The van der Waals surface area contributed by atoms with E-state index in [1.807, 2.05) is 57.8 Å². The summed E-state index contributed by atoms with van der Waals surface area (Å²) in [7, 11) is 0. The van der Waals surface area contributed by atoms with Gasteiger partial charge < -0.3 is 21.7 Å². The number of aliphatic imine (C=N–C) groups is 1. The molecule has 6 rings (SSSR count). The van der Waals surface area contributed by atoms with Crippen molar-refractivity contribution < 1.29 is 9.59 Å². The van der Waals surface area contributed by atoms with E-state index in [1.54, 1.807) is 27.6 Å². The number of piperidine rings is 1. The molecular formula is C28H30IN11O3. The van der Waals surface area contributed by atoms with E-state index >= 15 is 0 Å². The molecule has 0 unspecified atom stereocenters. The highest BCUT2D eigenvalue weighted by atomic mass is 127. The summed E-state index contributed by atoms with van der Waals surface area (Å²) < 4.78 is 3.76. The van der Waals surface area contributed by atoms with Gasteiger partial charge in [0.25, 0.3) is 5.91 Å². The number of benzene rings is 1. The number of rotatable bonds is 6. The highest BCUT2D eigenvalue weighted by molar-refractivity contribution is 14.1. The first-order chi connectivity index (χ1) is 20.7. The molecule has 2 amide bonds. The SMILES string of the molecule is Nc1nc(N)c(C(=O)NC2=NCC3(CCN(C(=O)CCCn4c(=O)n(-c5cccnc5)c5ccccc54)CC3)N2)nc1I. The van der Waals surface area contributed by atoms with Crippen LogP contribution in [0.4, 0.5) is 11.6 Å². The zero-order valence-electron chi connectivity index (χ0n) is 23.2. The van der Waals surface area contributed by atoms with Crippen LogP contribution in [0.25, 0.3) is 16.7 Å². The fourth-order valence-electron chi connectivity index (χ4n) is 5.58. The summed E-state index contributed by atoms with van der Waals surface area (Å²) in [5.74, 6) is -0.0261. The number of anilines is 2. The maximum atomic E-state index is 13.4. The van der Waals surface area contributed by atoms with Crippen molar-refractivity contribution in [1.29, 1.82) is 0 Å². The molecule has 15 heteroatoms. The molecule has 0 atom stereocenters. The van der Waals surface area contributed by atoms with Gasteiger partial charge >= 0.3 is 5.69 Å². The summed E-state index contributed by atoms with van der Waals surface area (Å²) in [4.78, 5) is 57.8. The van der Waals surface area contributed by atoms with E-state index in [-0.39, 0.29) is 34.5 Å². The minimum absolute atomic E-state index is 0.0200. The predicted octanol–water partition coefficient (Wildman–Crippen LogP) is 1.28. The molecule has 3 aromatic heterocycles. The fraction of sp³-hybridized carbons (Fsp3) is 0.321. The third-order valence-corrected chi connectivity index (χ3v) is 8.65. The third kappa shape index (κ3) is 5.63. The first-order valence-electron chi connectivity index (χ1n) is 13.9. The number of hydrogen-bond acceptors (Lipinski definition) is 10. The van der Waals surface area contributed by atoms with Crippen LogP contribution in [0.15, 0.2) is 58.6 Å². The molecule has 14 nitrogen and oxygen atoms in total. The van der Waals surface area contributed by atoms with Crippen molar-refractivity contribution in [3.05, 3.63) is 68.7 Å². The van der Waals surface area contributed by atoms with Crippen molar-refractivity contribution in [3.8, 4) is 5.69 Å². The van der Waals surface area contributed by atoms with Crippen LogP contribution in [0, 0.1) is 3.70 Å². The Bertz CT molecular complexity index is 1790. The predicted molar refractivity (Wildman–Crippen MR) is 170 cm³/mol. The number of aryl methyl sites for hydroxylation is 1. The molecule has 5 heterocycles. The number of guanidine groups is 1. The Hall–Kier alpha value is -4.54. The number of hydrogen-bond donors (Lipinski definition) is 4. The van der Waals surface area contributed by atoms with Gasteiger partial charge in [0.1, 0.15) is 3.70 Å². The number of halogens is 1. The molecule has 0 radical (unpaired) electrons. The number of fused-ring (bicyclic) bond motifs is 1. The second-order valence-corrected chi connectivity index (χ2v) is 11.6. The molecule has 0 saturated carbocycles. The summed E-state index contributed by atoms with van der Waals surface area (Å²) in [5, 5.41) is 6.06. The maximum Gasteiger partial charge on any atom is 0.333 e. The van der Waals surface area contributed by atoms with Crippen LogP contribution in [-0.2, 0) is 11.3 Å². The molecule has 1 fully saturated rings. The summed E-state index contributed by atoms with van der Waals surface area (Å²) in [5.41, 5.74) is 13.3. The topological polar surface area (TPSA) is 191 Å². The maximum absolute atomic E-state index is 13.4. The molecule has 43 heavy (non-hydrogen) atoms. The highest BCUT2D eigenvalue weighted by Crippen LogP contribution is 2.26. The molecule has 1 spiro atoms. The van der Waals surface area contributed by atoms with E-state index in [0.29, 0.717) is 67.2 Å². The van der Waals surface area contributed by atoms with Crippen LogP contribution in [0.1, 0.15) is 36.2 Å². The number of amides is 2. The Balaban J connectivity index is 1.02. The molecule has 0 aliphatic carbocycles. The number of pyridine rings is 1.